The minimum absolute atomic E-state index is 0. The highest BCUT2D eigenvalue weighted by molar-refractivity contribution is 7.98. The first-order valence-corrected chi connectivity index (χ1v) is 19.2. The summed E-state index contributed by atoms with van der Waals surface area (Å²) in [5.74, 6) is 2.95. The Morgan fingerprint density at radius 1 is 0.565 bits per heavy atom. The first-order chi connectivity index (χ1) is 21.5. The van der Waals surface area contributed by atoms with Crippen molar-refractivity contribution in [3.63, 3.8) is 0 Å². The molecule has 0 fully saturated rings. The molecule has 2 aromatic carbocycles. The van der Waals surface area contributed by atoms with E-state index in [1.165, 1.54) is 67.0 Å². The number of halogens is 1. The van der Waals surface area contributed by atoms with E-state index in [2.05, 4.69) is 122 Å². The number of nitrogens with zero attached hydrogens (tertiary/aromatic N) is 2. The van der Waals surface area contributed by atoms with E-state index in [1.54, 1.807) is 0 Å². The van der Waals surface area contributed by atoms with Crippen LogP contribution in [0.3, 0.4) is 0 Å². The van der Waals surface area contributed by atoms with Crippen molar-refractivity contribution in [2.24, 2.45) is 11.8 Å². The van der Waals surface area contributed by atoms with Crippen LogP contribution in [0, 0.1) is 39.5 Å². The van der Waals surface area contributed by atoms with Crippen LogP contribution in [-0.2, 0) is 37.4 Å². The van der Waals surface area contributed by atoms with Gasteiger partial charge in [0.05, 0.1) is 0 Å². The lowest BCUT2D eigenvalue weighted by Gasteiger charge is -2.24. The standard InChI is InChI=1S/C40H53N3S2.ClH/c1-25(2)19-37-33(39(31-15-11-27(5)12-16-31)35(23-44-9)29(7)42-37)21-41-22-34-38(20-26(3)4)43-30(8)36(24-45-10)40(34)32-17-13-28(6)14-18-32;/h11-18,25-26,41H,19-24H2,1-10H3;1H. The fourth-order valence-corrected chi connectivity index (χ4v) is 7.56. The third kappa shape index (κ3) is 9.40. The number of thioether (sulfide) groups is 2. The number of rotatable bonds is 14. The third-order valence-electron chi connectivity index (χ3n) is 8.45. The lowest BCUT2D eigenvalue weighted by atomic mass is 9.89. The Morgan fingerprint density at radius 2 is 0.913 bits per heavy atom. The zero-order valence-corrected chi connectivity index (χ0v) is 32.1. The zero-order chi connectivity index (χ0) is 32.7. The van der Waals surface area contributed by atoms with E-state index in [4.69, 9.17) is 9.97 Å². The Morgan fingerprint density at radius 3 is 1.22 bits per heavy atom. The normalized spacial score (nSPS) is 11.4. The quantitative estimate of drug-likeness (QED) is 0.144. The van der Waals surface area contributed by atoms with Gasteiger partial charge in [0.1, 0.15) is 0 Å². The summed E-state index contributed by atoms with van der Waals surface area (Å²) in [5, 5.41) is 3.97. The summed E-state index contributed by atoms with van der Waals surface area (Å²) in [6.45, 7) is 19.4. The molecule has 0 atom stereocenters. The van der Waals surface area contributed by atoms with Crippen molar-refractivity contribution in [2.45, 2.75) is 92.8 Å². The molecule has 0 unspecified atom stereocenters. The van der Waals surface area contributed by atoms with Gasteiger partial charge in [0.2, 0.25) is 0 Å². The van der Waals surface area contributed by atoms with E-state index in [0.29, 0.717) is 11.8 Å². The summed E-state index contributed by atoms with van der Waals surface area (Å²) >= 11 is 3.75. The van der Waals surface area contributed by atoms with E-state index in [1.807, 2.05) is 23.5 Å². The predicted octanol–water partition coefficient (Wildman–Crippen LogP) is 10.9. The van der Waals surface area contributed by atoms with Crippen molar-refractivity contribution in [1.82, 2.24) is 15.3 Å². The van der Waals surface area contributed by atoms with Crippen LogP contribution in [0.25, 0.3) is 22.3 Å². The van der Waals surface area contributed by atoms with Gasteiger partial charge in [-0.2, -0.15) is 23.5 Å². The summed E-state index contributed by atoms with van der Waals surface area (Å²) in [7, 11) is 0. The molecule has 0 saturated carbocycles. The number of hydrogen-bond donors (Lipinski definition) is 1. The maximum atomic E-state index is 5.27. The molecule has 0 aliphatic heterocycles. The van der Waals surface area contributed by atoms with E-state index in [-0.39, 0.29) is 12.4 Å². The maximum absolute atomic E-state index is 5.27. The Hall–Kier alpha value is -2.31. The summed E-state index contributed by atoms with van der Waals surface area (Å²) in [4.78, 5) is 10.5. The van der Waals surface area contributed by atoms with Gasteiger partial charge in [-0.15, -0.1) is 12.4 Å². The van der Waals surface area contributed by atoms with Crippen molar-refractivity contribution in [3.8, 4) is 22.3 Å². The number of aromatic nitrogens is 2. The zero-order valence-electron chi connectivity index (χ0n) is 29.6. The second kappa shape index (κ2) is 17.7. The van der Waals surface area contributed by atoms with Crippen LogP contribution < -0.4 is 5.32 Å². The van der Waals surface area contributed by atoms with Gasteiger partial charge in [-0.05, 0) is 109 Å². The monoisotopic (exact) mass is 675 g/mol. The minimum Gasteiger partial charge on any atom is -0.308 e. The van der Waals surface area contributed by atoms with Crippen LogP contribution in [0.4, 0.5) is 0 Å². The molecular weight excluding hydrogens is 622 g/mol. The maximum Gasteiger partial charge on any atom is 0.0460 e. The third-order valence-corrected chi connectivity index (χ3v) is 9.60. The molecule has 0 aliphatic rings. The highest BCUT2D eigenvalue weighted by atomic mass is 35.5. The molecule has 0 amide bonds. The van der Waals surface area contributed by atoms with Crippen molar-refractivity contribution in [3.05, 3.63) is 105 Å². The van der Waals surface area contributed by atoms with Crippen LogP contribution in [0.5, 0.6) is 0 Å². The first-order valence-electron chi connectivity index (χ1n) is 16.4. The molecule has 0 saturated heterocycles. The van der Waals surface area contributed by atoms with Gasteiger partial charge in [0.15, 0.2) is 0 Å². The molecule has 0 bridgehead atoms. The van der Waals surface area contributed by atoms with E-state index in [0.717, 1.165) is 48.8 Å². The molecule has 46 heavy (non-hydrogen) atoms. The molecule has 1 N–H and O–H groups in total. The summed E-state index contributed by atoms with van der Waals surface area (Å²) in [5.41, 5.74) is 18.0. The Balaban J connectivity index is 0.00000576. The Labute approximate surface area is 294 Å². The molecule has 4 rings (SSSR count). The molecule has 0 spiro atoms. The van der Waals surface area contributed by atoms with Gasteiger partial charge in [0.25, 0.3) is 0 Å². The molecule has 248 valence electrons. The number of hydrogen-bond acceptors (Lipinski definition) is 5. The van der Waals surface area contributed by atoms with Gasteiger partial charge >= 0.3 is 0 Å². The lowest BCUT2D eigenvalue weighted by molar-refractivity contribution is 0.605. The average molecular weight is 676 g/mol. The molecule has 2 aromatic heterocycles. The lowest BCUT2D eigenvalue weighted by Crippen LogP contribution is -2.21. The SMILES string of the molecule is CSCc1c(C)nc(CC(C)C)c(CNCc2c(CC(C)C)nc(C)c(CSC)c2-c2ccc(C)cc2)c1-c1ccc(C)cc1.Cl. The Bertz CT molecular complexity index is 1460. The number of nitrogens with one attached hydrogen (secondary N) is 1. The van der Waals surface area contributed by atoms with Gasteiger partial charge in [0, 0.05) is 47.4 Å². The number of pyridine rings is 2. The molecule has 0 aliphatic carbocycles. The predicted molar refractivity (Wildman–Crippen MR) is 208 cm³/mol. The summed E-state index contributed by atoms with van der Waals surface area (Å²) in [6.07, 6.45) is 6.32. The van der Waals surface area contributed by atoms with Crippen molar-refractivity contribution in [2.75, 3.05) is 12.5 Å². The van der Waals surface area contributed by atoms with Gasteiger partial charge in [-0.25, -0.2) is 0 Å². The highest BCUT2D eigenvalue weighted by Gasteiger charge is 2.22. The fraction of sp³-hybridized carbons (Fsp3) is 0.450. The second-order valence-electron chi connectivity index (χ2n) is 13.3. The fourth-order valence-electron chi connectivity index (χ4n) is 6.27. The summed E-state index contributed by atoms with van der Waals surface area (Å²) in [6, 6.07) is 18.2. The van der Waals surface area contributed by atoms with Crippen LogP contribution in [-0.4, -0.2) is 22.5 Å². The smallest absolute Gasteiger partial charge is 0.0460 e. The molecule has 3 nitrogen and oxygen atoms in total. The minimum atomic E-state index is 0. The molecule has 2 heterocycles. The first kappa shape index (κ1) is 38.1. The molecule has 6 heteroatoms. The highest BCUT2D eigenvalue weighted by Crippen LogP contribution is 2.37. The average Bonchev–Trinajstić information content (AvgIpc) is 2.98. The largest absolute Gasteiger partial charge is 0.308 e. The van der Waals surface area contributed by atoms with Gasteiger partial charge in [-0.1, -0.05) is 87.4 Å². The summed E-state index contributed by atoms with van der Waals surface area (Å²) < 4.78 is 0. The van der Waals surface area contributed by atoms with Gasteiger partial charge in [-0.3, -0.25) is 9.97 Å². The second-order valence-corrected chi connectivity index (χ2v) is 15.1. The molecular formula is C40H54ClN3S2. The van der Waals surface area contributed by atoms with E-state index in [9.17, 15) is 0 Å². The van der Waals surface area contributed by atoms with Crippen LogP contribution in [0.15, 0.2) is 48.5 Å². The number of benzene rings is 2. The molecule has 4 aromatic rings. The Kier molecular flexibility index (Phi) is 14.7. The van der Waals surface area contributed by atoms with Crippen LogP contribution in [0.2, 0.25) is 0 Å². The van der Waals surface area contributed by atoms with Crippen molar-refractivity contribution < 1.29 is 0 Å². The number of aryl methyl sites for hydroxylation is 4. The van der Waals surface area contributed by atoms with E-state index >= 15 is 0 Å². The van der Waals surface area contributed by atoms with Gasteiger partial charge < -0.3 is 5.32 Å². The van der Waals surface area contributed by atoms with Crippen LogP contribution >= 0.6 is 35.9 Å². The molecule has 0 radical (unpaired) electrons. The van der Waals surface area contributed by atoms with E-state index < -0.39 is 0 Å². The van der Waals surface area contributed by atoms with Crippen molar-refractivity contribution in [1.29, 1.82) is 0 Å². The van der Waals surface area contributed by atoms with Crippen LogP contribution in [0.1, 0.15) is 83.9 Å². The topological polar surface area (TPSA) is 37.8 Å². The van der Waals surface area contributed by atoms with Crippen molar-refractivity contribution >= 4 is 35.9 Å².